The summed E-state index contributed by atoms with van der Waals surface area (Å²) in [4.78, 5) is 13.5. The van der Waals surface area contributed by atoms with Crippen LogP contribution in [0.2, 0.25) is 0 Å². The minimum atomic E-state index is -0.0897. The molecule has 0 saturated heterocycles. The number of hydrogen-bond acceptors (Lipinski definition) is 2. The standard InChI is InChI=1S/C7H10N2O.ClH/c1-5-2-6(3-8)7(10)9-4-5;/h2,4H,3,8H2,1H3,(H,9,10);1H. The second-order valence-electron chi connectivity index (χ2n) is 2.24. The largest absolute Gasteiger partial charge is 0.329 e. The molecule has 3 N–H and O–H groups in total. The van der Waals surface area contributed by atoms with E-state index in [0.29, 0.717) is 12.1 Å². The second kappa shape index (κ2) is 4.16. The topological polar surface area (TPSA) is 58.9 Å². The third kappa shape index (κ3) is 2.37. The fourth-order valence-electron chi connectivity index (χ4n) is 0.806. The average Bonchev–Trinajstić information content (AvgIpc) is 1.94. The summed E-state index contributed by atoms with van der Waals surface area (Å²) in [6.45, 7) is 2.21. The number of hydrogen-bond donors (Lipinski definition) is 2. The van der Waals surface area contributed by atoms with Gasteiger partial charge in [-0.1, -0.05) is 0 Å². The highest BCUT2D eigenvalue weighted by molar-refractivity contribution is 5.85. The first-order chi connectivity index (χ1) is 4.74. The quantitative estimate of drug-likeness (QED) is 0.654. The number of nitrogens with two attached hydrogens (primary N) is 1. The molecule has 1 aromatic heterocycles. The second-order valence-corrected chi connectivity index (χ2v) is 2.24. The predicted octanol–water partition coefficient (Wildman–Crippen LogP) is 0.564. The molecule has 0 spiro atoms. The molecule has 11 heavy (non-hydrogen) atoms. The fraction of sp³-hybridized carbons (Fsp3) is 0.286. The van der Waals surface area contributed by atoms with Crippen molar-refractivity contribution >= 4 is 12.4 Å². The molecule has 0 aliphatic rings. The van der Waals surface area contributed by atoms with E-state index in [-0.39, 0.29) is 18.0 Å². The normalized spacial score (nSPS) is 8.91. The molecular weight excluding hydrogens is 164 g/mol. The summed E-state index contributed by atoms with van der Waals surface area (Å²) in [5.41, 5.74) is 6.88. The van der Waals surface area contributed by atoms with Gasteiger partial charge in [0, 0.05) is 18.3 Å². The number of halogens is 1. The molecule has 3 nitrogen and oxygen atoms in total. The molecule has 0 atom stereocenters. The molecule has 0 saturated carbocycles. The Labute approximate surface area is 71.0 Å². The molecule has 0 unspecified atom stereocenters. The van der Waals surface area contributed by atoms with Gasteiger partial charge in [-0.15, -0.1) is 12.4 Å². The summed E-state index contributed by atoms with van der Waals surface area (Å²) in [6, 6.07) is 1.79. The van der Waals surface area contributed by atoms with Gasteiger partial charge in [0.15, 0.2) is 0 Å². The van der Waals surface area contributed by atoms with E-state index < -0.39 is 0 Å². The Bertz CT molecular complexity index is 282. The minimum Gasteiger partial charge on any atom is -0.329 e. The van der Waals surface area contributed by atoms with E-state index in [9.17, 15) is 4.79 Å². The summed E-state index contributed by atoms with van der Waals surface area (Å²) < 4.78 is 0. The molecule has 1 rings (SSSR count). The van der Waals surface area contributed by atoms with Crippen molar-refractivity contribution in [3.63, 3.8) is 0 Å². The van der Waals surface area contributed by atoms with E-state index in [1.165, 1.54) is 0 Å². The van der Waals surface area contributed by atoms with Crippen molar-refractivity contribution in [2.24, 2.45) is 5.73 Å². The molecule has 0 bridgehead atoms. The maximum atomic E-state index is 10.9. The molecular formula is C7H11ClN2O. The summed E-state index contributed by atoms with van der Waals surface area (Å²) in [6.07, 6.45) is 1.67. The first-order valence-corrected chi connectivity index (χ1v) is 3.12. The highest BCUT2D eigenvalue weighted by Crippen LogP contribution is 1.93. The number of rotatable bonds is 1. The van der Waals surface area contributed by atoms with Crippen LogP contribution in [0.1, 0.15) is 11.1 Å². The molecule has 0 aliphatic heterocycles. The van der Waals surface area contributed by atoms with Crippen LogP contribution in [0.4, 0.5) is 0 Å². The van der Waals surface area contributed by atoms with Gasteiger partial charge < -0.3 is 10.7 Å². The van der Waals surface area contributed by atoms with Crippen molar-refractivity contribution in [2.45, 2.75) is 13.5 Å². The average molecular weight is 175 g/mol. The molecule has 0 fully saturated rings. The SMILES string of the molecule is Cc1c[nH]c(=O)c(CN)c1.Cl. The molecule has 0 aliphatic carbocycles. The lowest BCUT2D eigenvalue weighted by Gasteiger charge is -1.95. The molecule has 0 amide bonds. The number of pyridine rings is 1. The lowest BCUT2D eigenvalue weighted by Crippen LogP contribution is -2.15. The number of nitrogens with one attached hydrogen (secondary N) is 1. The van der Waals surface area contributed by atoms with Gasteiger partial charge in [-0.05, 0) is 18.6 Å². The Balaban J connectivity index is 0.000001000. The van der Waals surface area contributed by atoms with Crippen LogP contribution in [-0.4, -0.2) is 4.98 Å². The molecule has 62 valence electrons. The monoisotopic (exact) mass is 174 g/mol. The van der Waals surface area contributed by atoms with Gasteiger partial charge >= 0.3 is 0 Å². The number of aromatic nitrogens is 1. The van der Waals surface area contributed by atoms with Gasteiger partial charge in [-0.2, -0.15) is 0 Å². The van der Waals surface area contributed by atoms with Crippen LogP contribution in [0.5, 0.6) is 0 Å². The molecule has 1 heterocycles. The Morgan fingerprint density at radius 3 is 2.73 bits per heavy atom. The fourth-order valence-corrected chi connectivity index (χ4v) is 0.806. The third-order valence-electron chi connectivity index (χ3n) is 1.34. The van der Waals surface area contributed by atoms with Crippen molar-refractivity contribution in [3.05, 3.63) is 33.7 Å². The first-order valence-electron chi connectivity index (χ1n) is 3.12. The van der Waals surface area contributed by atoms with E-state index in [1.54, 1.807) is 12.3 Å². The summed E-state index contributed by atoms with van der Waals surface area (Å²) in [5.74, 6) is 0. The Hall–Kier alpha value is -0.800. The smallest absolute Gasteiger partial charge is 0.252 e. The van der Waals surface area contributed by atoms with E-state index in [1.807, 2.05) is 6.92 Å². The van der Waals surface area contributed by atoms with Gasteiger partial charge in [0.2, 0.25) is 0 Å². The first kappa shape index (κ1) is 10.2. The van der Waals surface area contributed by atoms with Gasteiger partial charge in [-0.3, -0.25) is 4.79 Å². The zero-order chi connectivity index (χ0) is 7.56. The van der Waals surface area contributed by atoms with E-state index in [0.717, 1.165) is 5.56 Å². The van der Waals surface area contributed by atoms with Crippen molar-refractivity contribution in [1.29, 1.82) is 0 Å². The molecule has 4 heteroatoms. The maximum Gasteiger partial charge on any atom is 0.252 e. The zero-order valence-corrected chi connectivity index (χ0v) is 7.07. The Morgan fingerprint density at radius 1 is 1.64 bits per heavy atom. The molecule has 0 radical (unpaired) electrons. The molecule has 0 aromatic carbocycles. The summed E-state index contributed by atoms with van der Waals surface area (Å²) in [7, 11) is 0. The number of H-pyrrole nitrogens is 1. The van der Waals surface area contributed by atoms with E-state index in [2.05, 4.69) is 4.98 Å². The molecule has 1 aromatic rings. The van der Waals surface area contributed by atoms with Crippen molar-refractivity contribution < 1.29 is 0 Å². The number of aryl methyl sites for hydroxylation is 1. The van der Waals surface area contributed by atoms with Gasteiger partial charge in [0.1, 0.15) is 0 Å². The van der Waals surface area contributed by atoms with Crippen molar-refractivity contribution in [1.82, 2.24) is 4.98 Å². The van der Waals surface area contributed by atoms with E-state index >= 15 is 0 Å². The van der Waals surface area contributed by atoms with Crippen LogP contribution in [-0.2, 0) is 6.54 Å². The van der Waals surface area contributed by atoms with Crippen LogP contribution in [0.3, 0.4) is 0 Å². The maximum absolute atomic E-state index is 10.9. The third-order valence-corrected chi connectivity index (χ3v) is 1.34. The van der Waals surface area contributed by atoms with Crippen LogP contribution >= 0.6 is 12.4 Å². The highest BCUT2D eigenvalue weighted by atomic mass is 35.5. The zero-order valence-electron chi connectivity index (χ0n) is 6.26. The van der Waals surface area contributed by atoms with Crippen molar-refractivity contribution in [3.8, 4) is 0 Å². The minimum absolute atomic E-state index is 0. The van der Waals surface area contributed by atoms with Gasteiger partial charge in [0.25, 0.3) is 5.56 Å². The Kier molecular flexibility index (Phi) is 3.85. The van der Waals surface area contributed by atoms with Crippen LogP contribution in [0.25, 0.3) is 0 Å². The summed E-state index contributed by atoms with van der Waals surface area (Å²) in [5, 5.41) is 0. The van der Waals surface area contributed by atoms with Crippen molar-refractivity contribution in [2.75, 3.05) is 0 Å². The van der Waals surface area contributed by atoms with Crippen LogP contribution < -0.4 is 11.3 Å². The van der Waals surface area contributed by atoms with Crippen LogP contribution in [0.15, 0.2) is 17.1 Å². The summed E-state index contributed by atoms with van der Waals surface area (Å²) >= 11 is 0. The lowest BCUT2D eigenvalue weighted by molar-refractivity contribution is 1.01. The van der Waals surface area contributed by atoms with Crippen LogP contribution in [0, 0.1) is 6.92 Å². The Morgan fingerprint density at radius 2 is 2.27 bits per heavy atom. The highest BCUT2D eigenvalue weighted by Gasteiger charge is 1.94. The lowest BCUT2D eigenvalue weighted by atomic mass is 10.2. The van der Waals surface area contributed by atoms with Gasteiger partial charge in [0.05, 0.1) is 0 Å². The predicted molar refractivity (Wildman–Crippen MR) is 46.9 cm³/mol. The number of aromatic amines is 1. The van der Waals surface area contributed by atoms with E-state index in [4.69, 9.17) is 5.73 Å². The van der Waals surface area contributed by atoms with Gasteiger partial charge in [-0.25, -0.2) is 0 Å².